The van der Waals surface area contributed by atoms with E-state index in [1.165, 1.54) is 19.5 Å². The summed E-state index contributed by atoms with van der Waals surface area (Å²) in [5.74, 6) is 0. The van der Waals surface area contributed by atoms with Crippen LogP contribution in [-0.4, -0.2) is 31.7 Å². The Morgan fingerprint density at radius 2 is 1.89 bits per heavy atom. The molecule has 0 aromatic heterocycles. The van der Waals surface area contributed by atoms with Crippen molar-refractivity contribution in [1.29, 1.82) is 0 Å². The lowest BCUT2D eigenvalue weighted by Gasteiger charge is -2.30. The molecule has 0 aromatic carbocycles. The first-order chi connectivity index (χ1) is 3.71. The molecular formula is C7H14IN. The molecule has 1 aliphatic rings. The molecule has 9 heavy (non-hydrogen) atoms. The van der Waals surface area contributed by atoms with Gasteiger partial charge >= 0.3 is 0 Å². The Kier molecular flexibility index (Phi) is 3.73. The molecule has 0 unspecified atom stereocenters. The monoisotopic (exact) mass is 239 g/mol. The highest BCUT2D eigenvalue weighted by molar-refractivity contribution is 4.84. The van der Waals surface area contributed by atoms with E-state index in [1.54, 1.807) is 0 Å². The molecule has 1 rings (SSSR count). The van der Waals surface area contributed by atoms with Crippen LogP contribution in [0.3, 0.4) is 0 Å². The first-order valence-corrected chi connectivity index (χ1v) is 3.18. The highest BCUT2D eigenvalue weighted by Crippen LogP contribution is 2.05. The molecule has 1 heterocycles. The van der Waals surface area contributed by atoms with E-state index in [-0.39, 0.29) is 24.0 Å². The molecule has 54 valence electrons. The second-order valence-electron chi connectivity index (χ2n) is 3.10. The van der Waals surface area contributed by atoms with Crippen molar-refractivity contribution in [2.45, 2.75) is 6.42 Å². The van der Waals surface area contributed by atoms with Crippen LogP contribution >= 0.6 is 0 Å². The van der Waals surface area contributed by atoms with E-state index in [4.69, 9.17) is 0 Å². The molecule has 1 aliphatic heterocycles. The van der Waals surface area contributed by atoms with Crippen molar-refractivity contribution in [3.63, 3.8) is 0 Å². The Morgan fingerprint density at radius 1 is 1.22 bits per heavy atom. The Balaban J connectivity index is 0.000000640. The lowest BCUT2D eigenvalue weighted by Crippen LogP contribution is -3.00. The van der Waals surface area contributed by atoms with Gasteiger partial charge in [0, 0.05) is 6.42 Å². The molecule has 0 aromatic rings. The fourth-order valence-corrected chi connectivity index (χ4v) is 0.993. The number of quaternary nitrogens is 1. The van der Waals surface area contributed by atoms with Gasteiger partial charge in [0.25, 0.3) is 0 Å². The first-order valence-electron chi connectivity index (χ1n) is 3.18. The van der Waals surface area contributed by atoms with Crippen molar-refractivity contribution >= 4 is 0 Å². The fraction of sp³-hybridized carbons (Fsp3) is 0.714. The van der Waals surface area contributed by atoms with Crippen molar-refractivity contribution in [2.24, 2.45) is 0 Å². The predicted octanol–water partition coefficient (Wildman–Crippen LogP) is -1.97. The Labute approximate surface area is 74.3 Å². The summed E-state index contributed by atoms with van der Waals surface area (Å²) in [5, 5.41) is 0. The minimum atomic E-state index is 0. The van der Waals surface area contributed by atoms with Gasteiger partial charge < -0.3 is 28.5 Å². The largest absolute Gasteiger partial charge is 1.00 e. The number of halogens is 1. The summed E-state index contributed by atoms with van der Waals surface area (Å²) >= 11 is 0. The van der Waals surface area contributed by atoms with E-state index in [2.05, 4.69) is 26.2 Å². The zero-order valence-electron chi connectivity index (χ0n) is 6.10. The lowest BCUT2D eigenvalue weighted by molar-refractivity contribution is -0.885. The van der Waals surface area contributed by atoms with E-state index in [1.807, 2.05) is 0 Å². The molecule has 0 saturated carbocycles. The second-order valence-corrected chi connectivity index (χ2v) is 3.10. The lowest BCUT2D eigenvalue weighted by atomic mass is 10.2. The van der Waals surface area contributed by atoms with Gasteiger partial charge in [-0.2, -0.15) is 0 Å². The van der Waals surface area contributed by atoms with Crippen LogP contribution in [0.25, 0.3) is 0 Å². The second kappa shape index (κ2) is 3.56. The smallest absolute Gasteiger partial charge is 0.0969 e. The molecule has 1 nitrogen and oxygen atoms in total. The number of rotatable bonds is 0. The number of nitrogens with zero attached hydrogens (tertiary/aromatic N) is 1. The van der Waals surface area contributed by atoms with Crippen LogP contribution in [0.2, 0.25) is 0 Å². The molecule has 0 fully saturated rings. The van der Waals surface area contributed by atoms with Crippen molar-refractivity contribution in [3.05, 3.63) is 12.2 Å². The van der Waals surface area contributed by atoms with Gasteiger partial charge in [-0.25, -0.2) is 0 Å². The molecule has 0 saturated heterocycles. The molecule has 0 atom stereocenters. The minimum Gasteiger partial charge on any atom is -1.00 e. The quantitative estimate of drug-likeness (QED) is 0.261. The van der Waals surface area contributed by atoms with Crippen molar-refractivity contribution in [2.75, 3.05) is 27.2 Å². The summed E-state index contributed by atoms with van der Waals surface area (Å²) in [6.45, 7) is 2.51. The van der Waals surface area contributed by atoms with Crippen LogP contribution < -0.4 is 24.0 Å². The summed E-state index contributed by atoms with van der Waals surface area (Å²) in [7, 11) is 4.53. The Bertz CT molecular complexity index is 107. The van der Waals surface area contributed by atoms with Gasteiger partial charge in [-0.05, 0) is 6.08 Å². The average Bonchev–Trinajstić information content (AvgIpc) is 1.65. The minimum absolute atomic E-state index is 0. The topological polar surface area (TPSA) is 0 Å². The maximum absolute atomic E-state index is 2.27. The molecule has 0 radical (unpaired) electrons. The van der Waals surface area contributed by atoms with Crippen LogP contribution in [0.15, 0.2) is 12.2 Å². The maximum atomic E-state index is 2.27. The van der Waals surface area contributed by atoms with E-state index >= 15 is 0 Å². The van der Waals surface area contributed by atoms with Gasteiger partial charge in [-0.15, -0.1) is 0 Å². The fourth-order valence-electron chi connectivity index (χ4n) is 0.993. The van der Waals surface area contributed by atoms with Crippen LogP contribution in [0.4, 0.5) is 0 Å². The standard InChI is InChI=1S/C7H14N.HI/c1-8(2)6-4-3-5-7-8;/h3-4H,5-7H2,1-2H3;1H/q+1;/p-1. The van der Waals surface area contributed by atoms with Crippen molar-refractivity contribution in [1.82, 2.24) is 0 Å². The number of hydrogen-bond donors (Lipinski definition) is 0. The van der Waals surface area contributed by atoms with E-state index in [9.17, 15) is 0 Å². The average molecular weight is 239 g/mol. The highest BCUT2D eigenvalue weighted by atomic mass is 127. The molecule has 0 bridgehead atoms. The predicted molar refractivity (Wildman–Crippen MR) is 35.6 cm³/mol. The third-order valence-corrected chi connectivity index (χ3v) is 1.67. The van der Waals surface area contributed by atoms with Crippen molar-refractivity contribution in [3.8, 4) is 0 Å². The zero-order valence-corrected chi connectivity index (χ0v) is 8.26. The van der Waals surface area contributed by atoms with Crippen LogP contribution in [0, 0.1) is 0 Å². The summed E-state index contributed by atoms with van der Waals surface area (Å²) in [5.41, 5.74) is 0. The SMILES string of the molecule is C[N+]1(C)CC=CCC1.[I-]. The van der Waals surface area contributed by atoms with Gasteiger partial charge in [-0.1, -0.05) is 6.08 Å². The van der Waals surface area contributed by atoms with Gasteiger partial charge in [0.15, 0.2) is 0 Å². The highest BCUT2D eigenvalue weighted by Gasteiger charge is 2.13. The zero-order chi connectivity index (χ0) is 6.04. The molecule has 0 aliphatic carbocycles. The summed E-state index contributed by atoms with van der Waals surface area (Å²) in [6.07, 6.45) is 5.79. The number of likely N-dealkylation sites (N-methyl/N-ethyl adjacent to an activating group) is 1. The molecule has 0 amide bonds. The van der Waals surface area contributed by atoms with E-state index in [0.717, 1.165) is 4.48 Å². The third kappa shape index (κ3) is 3.20. The maximum Gasteiger partial charge on any atom is 0.0969 e. The Morgan fingerprint density at radius 3 is 2.11 bits per heavy atom. The van der Waals surface area contributed by atoms with Crippen LogP contribution in [0.5, 0.6) is 0 Å². The summed E-state index contributed by atoms with van der Waals surface area (Å²) in [6, 6.07) is 0. The molecule has 0 spiro atoms. The molecular weight excluding hydrogens is 225 g/mol. The normalized spacial score (nSPS) is 22.9. The van der Waals surface area contributed by atoms with Gasteiger partial charge in [0.05, 0.1) is 27.2 Å². The van der Waals surface area contributed by atoms with E-state index < -0.39 is 0 Å². The van der Waals surface area contributed by atoms with Gasteiger partial charge in [-0.3, -0.25) is 0 Å². The molecule has 2 heteroatoms. The van der Waals surface area contributed by atoms with E-state index in [0.29, 0.717) is 0 Å². The van der Waals surface area contributed by atoms with Gasteiger partial charge in [0.2, 0.25) is 0 Å². The third-order valence-electron chi connectivity index (χ3n) is 1.67. The van der Waals surface area contributed by atoms with Crippen LogP contribution in [-0.2, 0) is 0 Å². The summed E-state index contributed by atoms with van der Waals surface area (Å²) in [4.78, 5) is 0. The first kappa shape index (κ1) is 9.43. The van der Waals surface area contributed by atoms with Crippen molar-refractivity contribution < 1.29 is 28.5 Å². The number of hydrogen-bond acceptors (Lipinski definition) is 0. The molecule has 0 N–H and O–H groups in total. The van der Waals surface area contributed by atoms with Crippen LogP contribution in [0.1, 0.15) is 6.42 Å². The van der Waals surface area contributed by atoms with Gasteiger partial charge in [0.1, 0.15) is 0 Å². The Hall–Kier alpha value is 0.430. The summed E-state index contributed by atoms with van der Waals surface area (Å²) < 4.78 is 1.16.